The van der Waals surface area contributed by atoms with Gasteiger partial charge in [-0.2, -0.15) is 0 Å². The minimum absolute atomic E-state index is 0.0258. The lowest BCUT2D eigenvalue weighted by molar-refractivity contribution is -0.116. The first-order valence-corrected chi connectivity index (χ1v) is 5.68. The number of benzene rings is 1. The number of methoxy groups -OCH3 is 1. The van der Waals surface area contributed by atoms with Gasteiger partial charge in [0, 0.05) is 9.99 Å². The van der Waals surface area contributed by atoms with Crippen LogP contribution < -0.4 is 4.74 Å². The lowest BCUT2D eigenvalue weighted by Gasteiger charge is -2.05. The van der Waals surface area contributed by atoms with Gasteiger partial charge in [-0.05, 0) is 46.4 Å². The summed E-state index contributed by atoms with van der Waals surface area (Å²) in [7, 11) is 1.61. The van der Waals surface area contributed by atoms with Gasteiger partial charge in [-0.3, -0.25) is 4.79 Å². The molecule has 14 heavy (non-hydrogen) atoms. The smallest absolute Gasteiger partial charge is 0.151 e. The van der Waals surface area contributed by atoms with Crippen LogP contribution in [0.25, 0.3) is 0 Å². The van der Waals surface area contributed by atoms with E-state index in [0.717, 1.165) is 14.9 Å². The molecule has 76 valence electrons. The van der Waals surface area contributed by atoms with Crippen LogP contribution in [-0.2, 0) is 11.2 Å². The number of ketones is 1. The third-order valence-corrected chi connectivity index (χ3v) is 3.14. The summed E-state index contributed by atoms with van der Waals surface area (Å²) in [5, 5.41) is 0. The summed E-state index contributed by atoms with van der Waals surface area (Å²) in [6.07, 6.45) is 0.374. The molecule has 0 unspecified atom stereocenters. The van der Waals surface area contributed by atoms with Gasteiger partial charge in [-0.1, -0.05) is 0 Å². The molecule has 0 N–H and O–H groups in total. The summed E-state index contributed by atoms with van der Waals surface area (Å²) >= 11 is 7.64. The summed E-state index contributed by atoms with van der Waals surface area (Å²) in [5.41, 5.74) is 0.968. The molecule has 0 spiro atoms. The fourth-order valence-corrected chi connectivity index (χ4v) is 1.69. The molecule has 1 aromatic carbocycles. The Bertz CT molecular complexity index is 339. The van der Waals surface area contributed by atoms with Gasteiger partial charge in [-0.25, -0.2) is 0 Å². The Kier molecular flexibility index (Phi) is 4.68. The first-order chi connectivity index (χ1) is 6.67. The molecule has 0 amide bonds. The van der Waals surface area contributed by atoms with E-state index in [2.05, 4.69) is 22.6 Å². The Hall–Kier alpha value is -0.290. The zero-order chi connectivity index (χ0) is 10.6. The van der Waals surface area contributed by atoms with Crippen LogP contribution in [0.4, 0.5) is 0 Å². The number of alkyl halides is 1. The van der Waals surface area contributed by atoms with Crippen molar-refractivity contribution in [1.82, 2.24) is 0 Å². The highest BCUT2D eigenvalue weighted by Crippen LogP contribution is 2.20. The summed E-state index contributed by atoms with van der Waals surface area (Å²) in [4.78, 5) is 11.2. The van der Waals surface area contributed by atoms with E-state index >= 15 is 0 Å². The number of hydrogen-bond acceptors (Lipinski definition) is 2. The van der Waals surface area contributed by atoms with Crippen molar-refractivity contribution in [2.75, 3.05) is 13.0 Å². The number of carbonyl (C=O) groups is 1. The normalized spacial score (nSPS) is 9.93. The van der Waals surface area contributed by atoms with Crippen molar-refractivity contribution in [3.05, 3.63) is 27.3 Å². The van der Waals surface area contributed by atoms with Crippen LogP contribution in [-0.4, -0.2) is 18.8 Å². The van der Waals surface area contributed by atoms with Gasteiger partial charge in [0.15, 0.2) is 5.78 Å². The first kappa shape index (κ1) is 11.8. The number of ether oxygens (including phenoxy) is 1. The number of halogens is 2. The average molecular weight is 325 g/mol. The second-order valence-electron chi connectivity index (χ2n) is 2.81. The monoisotopic (exact) mass is 324 g/mol. The molecule has 0 saturated carbocycles. The van der Waals surface area contributed by atoms with Crippen LogP contribution in [0, 0.1) is 3.57 Å². The Labute approximate surface area is 102 Å². The molecule has 1 rings (SSSR count). The SMILES string of the molecule is COc1ccc(I)c(CC(=O)CCl)c1. The maximum absolute atomic E-state index is 11.2. The number of carbonyl (C=O) groups excluding carboxylic acids is 1. The van der Waals surface area contributed by atoms with E-state index in [1.807, 2.05) is 18.2 Å². The lowest BCUT2D eigenvalue weighted by atomic mass is 10.1. The van der Waals surface area contributed by atoms with Gasteiger partial charge < -0.3 is 4.74 Å². The molecule has 2 nitrogen and oxygen atoms in total. The number of rotatable bonds is 4. The van der Waals surface area contributed by atoms with E-state index in [4.69, 9.17) is 16.3 Å². The highest BCUT2D eigenvalue weighted by Gasteiger charge is 2.06. The zero-order valence-corrected chi connectivity index (χ0v) is 10.6. The van der Waals surface area contributed by atoms with E-state index in [-0.39, 0.29) is 11.7 Å². The summed E-state index contributed by atoms with van der Waals surface area (Å²) in [5.74, 6) is 0.855. The molecule has 0 saturated heterocycles. The molecular formula is C10H10ClIO2. The van der Waals surface area contributed by atoms with Gasteiger partial charge in [0.05, 0.1) is 13.0 Å². The van der Waals surface area contributed by atoms with Crippen LogP contribution in [0.3, 0.4) is 0 Å². The first-order valence-electron chi connectivity index (χ1n) is 4.07. The predicted octanol–water partition coefficient (Wildman–Crippen LogP) is 2.65. The van der Waals surface area contributed by atoms with E-state index < -0.39 is 0 Å². The number of Topliss-reactive ketones (excluding diaryl/α,β-unsaturated/α-hetero) is 1. The van der Waals surface area contributed by atoms with E-state index in [1.54, 1.807) is 7.11 Å². The van der Waals surface area contributed by atoms with E-state index in [1.165, 1.54) is 0 Å². The van der Waals surface area contributed by atoms with E-state index in [9.17, 15) is 4.79 Å². The van der Waals surface area contributed by atoms with Crippen molar-refractivity contribution in [2.45, 2.75) is 6.42 Å². The Morgan fingerprint density at radius 3 is 2.86 bits per heavy atom. The van der Waals surface area contributed by atoms with Gasteiger partial charge in [0.2, 0.25) is 0 Å². The minimum Gasteiger partial charge on any atom is -0.497 e. The van der Waals surface area contributed by atoms with Crippen LogP contribution >= 0.6 is 34.2 Å². The summed E-state index contributed by atoms with van der Waals surface area (Å²) in [6, 6.07) is 5.67. The third-order valence-electron chi connectivity index (χ3n) is 1.79. The summed E-state index contributed by atoms with van der Waals surface area (Å²) < 4.78 is 6.13. The topological polar surface area (TPSA) is 26.3 Å². The van der Waals surface area contributed by atoms with Crippen molar-refractivity contribution < 1.29 is 9.53 Å². The molecular weight excluding hydrogens is 314 g/mol. The van der Waals surface area contributed by atoms with Crippen molar-refractivity contribution in [1.29, 1.82) is 0 Å². The van der Waals surface area contributed by atoms with Crippen molar-refractivity contribution in [2.24, 2.45) is 0 Å². The predicted molar refractivity (Wildman–Crippen MR) is 65.1 cm³/mol. The maximum atomic E-state index is 11.2. The molecule has 4 heteroatoms. The minimum atomic E-state index is 0.0258. The van der Waals surface area contributed by atoms with Crippen LogP contribution in [0.5, 0.6) is 5.75 Å². The lowest BCUT2D eigenvalue weighted by Crippen LogP contribution is -2.05. The summed E-state index contributed by atoms with van der Waals surface area (Å²) in [6.45, 7) is 0. The van der Waals surface area contributed by atoms with E-state index in [0.29, 0.717) is 6.42 Å². The number of hydrogen-bond donors (Lipinski definition) is 0. The Morgan fingerprint density at radius 1 is 1.57 bits per heavy atom. The largest absolute Gasteiger partial charge is 0.497 e. The third kappa shape index (κ3) is 3.13. The van der Waals surface area contributed by atoms with Crippen LogP contribution in [0.1, 0.15) is 5.56 Å². The second kappa shape index (κ2) is 5.56. The molecule has 0 radical (unpaired) electrons. The molecule has 0 fully saturated rings. The van der Waals surface area contributed by atoms with Crippen LogP contribution in [0.2, 0.25) is 0 Å². The highest BCUT2D eigenvalue weighted by atomic mass is 127. The standard InChI is InChI=1S/C10H10ClIO2/c1-14-9-2-3-10(12)7(5-9)4-8(13)6-11/h2-3,5H,4,6H2,1H3. The van der Waals surface area contributed by atoms with Crippen molar-refractivity contribution in [3.63, 3.8) is 0 Å². The van der Waals surface area contributed by atoms with Gasteiger partial charge >= 0.3 is 0 Å². The molecule has 0 heterocycles. The van der Waals surface area contributed by atoms with Gasteiger partial charge in [0.25, 0.3) is 0 Å². The average Bonchev–Trinajstić information content (AvgIpc) is 2.21. The fourth-order valence-electron chi connectivity index (χ4n) is 1.07. The Morgan fingerprint density at radius 2 is 2.29 bits per heavy atom. The van der Waals surface area contributed by atoms with Gasteiger partial charge in [0.1, 0.15) is 5.75 Å². The quantitative estimate of drug-likeness (QED) is 0.629. The molecule has 0 aliphatic carbocycles. The van der Waals surface area contributed by atoms with Crippen molar-refractivity contribution >= 4 is 40.0 Å². The fraction of sp³-hybridized carbons (Fsp3) is 0.300. The Balaban J connectivity index is 2.89. The molecule has 0 atom stereocenters. The van der Waals surface area contributed by atoms with Crippen LogP contribution in [0.15, 0.2) is 18.2 Å². The molecule has 0 aliphatic rings. The second-order valence-corrected chi connectivity index (χ2v) is 4.24. The van der Waals surface area contributed by atoms with Crippen molar-refractivity contribution in [3.8, 4) is 5.75 Å². The molecule has 0 aliphatic heterocycles. The van der Waals surface area contributed by atoms with Gasteiger partial charge in [-0.15, -0.1) is 11.6 Å². The molecule has 0 bridgehead atoms. The zero-order valence-electron chi connectivity index (χ0n) is 7.72. The highest BCUT2D eigenvalue weighted by molar-refractivity contribution is 14.1. The maximum Gasteiger partial charge on any atom is 0.151 e. The molecule has 0 aromatic heterocycles. The molecule has 1 aromatic rings.